The first-order valence-corrected chi connectivity index (χ1v) is 4.76. The Hall–Kier alpha value is -1.06. The molecule has 0 fully saturated rings. The Morgan fingerprint density at radius 1 is 1.50 bits per heavy atom. The Labute approximate surface area is 85.0 Å². The molecular weight excluding hydrogens is 182 g/mol. The molecule has 4 nitrogen and oxygen atoms in total. The summed E-state index contributed by atoms with van der Waals surface area (Å²) in [6.07, 6.45) is 2.59. The summed E-state index contributed by atoms with van der Waals surface area (Å²) >= 11 is 0. The number of ether oxygens (including phenoxy) is 1. The van der Waals surface area contributed by atoms with E-state index in [1.54, 1.807) is 27.1 Å². The highest BCUT2D eigenvalue weighted by Crippen LogP contribution is 2.07. The van der Waals surface area contributed by atoms with Crippen molar-refractivity contribution in [1.29, 1.82) is 0 Å². The van der Waals surface area contributed by atoms with Gasteiger partial charge in [-0.1, -0.05) is 13.3 Å². The molecule has 1 N–H and O–H groups in total. The first kappa shape index (κ1) is 12.9. The Kier molecular flexibility index (Phi) is 5.20. The molecule has 0 unspecified atom stereocenters. The van der Waals surface area contributed by atoms with E-state index >= 15 is 0 Å². The van der Waals surface area contributed by atoms with E-state index in [9.17, 15) is 9.59 Å². The summed E-state index contributed by atoms with van der Waals surface area (Å²) in [7, 11) is 0. The van der Waals surface area contributed by atoms with E-state index < -0.39 is 17.7 Å². The minimum Gasteiger partial charge on any atom is -0.444 e. The topological polar surface area (TPSA) is 55.4 Å². The van der Waals surface area contributed by atoms with E-state index in [1.807, 2.05) is 6.92 Å². The van der Waals surface area contributed by atoms with Crippen LogP contribution in [0.4, 0.5) is 4.79 Å². The van der Waals surface area contributed by atoms with Gasteiger partial charge in [-0.2, -0.15) is 0 Å². The second kappa shape index (κ2) is 5.62. The van der Waals surface area contributed by atoms with Gasteiger partial charge in [0, 0.05) is 0 Å². The fraction of sp³-hybridized carbons (Fsp3) is 0.800. The van der Waals surface area contributed by atoms with Crippen molar-refractivity contribution in [2.45, 2.75) is 52.2 Å². The maximum absolute atomic E-state index is 11.2. The Balaban J connectivity index is 3.97. The Morgan fingerprint density at radius 3 is 2.43 bits per heavy atom. The lowest BCUT2D eigenvalue weighted by atomic mass is 10.2. The molecule has 0 aromatic rings. The van der Waals surface area contributed by atoms with E-state index in [-0.39, 0.29) is 0 Å². The molecule has 14 heavy (non-hydrogen) atoms. The van der Waals surface area contributed by atoms with Crippen molar-refractivity contribution in [1.82, 2.24) is 5.32 Å². The summed E-state index contributed by atoms with van der Waals surface area (Å²) in [5.41, 5.74) is -0.538. The number of hydrogen-bond donors (Lipinski definition) is 1. The van der Waals surface area contributed by atoms with Gasteiger partial charge in [0.1, 0.15) is 5.60 Å². The predicted octanol–water partition coefficient (Wildman–Crippen LogP) is 1.79. The van der Waals surface area contributed by atoms with Crippen LogP contribution in [-0.4, -0.2) is 24.0 Å². The molecule has 0 saturated heterocycles. The van der Waals surface area contributed by atoms with Gasteiger partial charge in [-0.05, 0) is 27.2 Å². The van der Waals surface area contributed by atoms with Crippen LogP contribution < -0.4 is 5.32 Å². The molecule has 0 bridgehead atoms. The molecule has 1 radical (unpaired) electrons. The van der Waals surface area contributed by atoms with Gasteiger partial charge in [-0.15, -0.1) is 0 Å². The molecule has 0 rings (SSSR count). The van der Waals surface area contributed by atoms with Crippen molar-refractivity contribution >= 4 is 12.4 Å². The fourth-order valence-electron chi connectivity index (χ4n) is 0.899. The molecule has 0 spiro atoms. The highest BCUT2D eigenvalue weighted by molar-refractivity contribution is 5.73. The van der Waals surface area contributed by atoms with Gasteiger partial charge in [0.25, 0.3) is 0 Å². The van der Waals surface area contributed by atoms with Crippen LogP contribution in [0.5, 0.6) is 0 Å². The maximum atomic E-state index is 11.2. The monoisotopic (exact) mass is 200 g/mol. The highest BCUT2D eigenvalue weighted by Gasteiger charge is 2.18. The zero-order valence-corrected chi connectivity index (χ0v) is 9.22. The van der Waals surface area contributed by atoms with Gasteiger partial charge in [-0.25, -0.2) is 4.79 Å². The lowest BCUT2D eigenvalue weighted by Gasteiger charge is -2.21. The number of carbonyl (C=O) groups excluding carboxylic acids is 2. The molecular formula is C10H18NO3. The molecule has 0 aliphatic carbocycles. The SMILES string of the molecule is CCC[C@@H]([C]=O)NC(=O)OC(C)(C)C. The van der Waals surface area contributed by atoms with Crippen molar-refractivity contribution in [2.24, 2.45) is 0 Å². The fourth-order valence-corrected chi connectivity index (χ4v) is 0.899. The minimum absolute atomic E-state index is 0.538. The van der Waals surface area contributed by atoms with E-state index in [0.29, 0.717) is 6.42 Å². The molecule has 1 amide bonds. The molecule has 0 aromatic carbocycles. The van der Waals surface area contributed by atoms with Crippen molar-refractivity contribution in [3.8, 4) is 0 Å². The summed E-state index contributed by atoms with van der Waals surface area (Å²) in [5.74, 6) is 0. The first-order valence-electron chi connectivity index (χ1n) is 4.76. The molecule has 0 saturated carbocycles. The first-order chi connectivity index (χ1) is 6.39. The standard InChI is InChI=1S/C10H18NO3/c1-5-6-8(7-12)11-9(13)14-10(2,3)4/h8H,5-6H2,1-4H3,(H,11,13)/t8-/m0/s1. The quantitative estimate of drug-likeness (QED) is 0.752. The summed E-state index contributed by atoms with van der Waals surface area (Å²) in [6, 6.07) is -0.560. The van der Waals surface area contributed by atoms with E-state index in [4.69, 9.17) is 4.74 Å². The van der Waals surface area contributed by atoms with Crippen LogP contribution in [0.3, 0.4) is 0 Å². The lowest BCUT2D eigenvalue weighted by Crippen LogP contribution is -2.39. The predicted molar refractivity (Wildman–Crippen MR) is 53.8 cm³/mol. The van der Waals surface area contributed by atoms with E-state index in [2.05, 4.69) is 5.32 Å². The number of hydrogen-bond acceptors (Lipinski definition) is 3. The average molecular weight is 200 g/mol. The Morgan fingerprint density at radius 2 is 2.07 bits per heavy atom. The summed E-state index contributed by atoms with van der Waals surface area (Å²) in [6.45, 7) is 7.24. The van der Waals surface area contributed by atoms with Crippen molar-refractivity contribution < 1.29 is 14.3 Å². The normalized spacial score (nSPS) is 13.1. The summed E-state index contributed by atoms with van der Waals surface area (Å²) < 4.78 is 4.99. The molecule has 1 atom stereocenters. The molecule has 0 aliphatic heterocycles. The van der Waals surface area contributed by atoms with Crippen LogP contribution >= 0.6 is 0 Å². The molecule has 4 heteroatoms. The van der Waals surface area contributed by atoms with E-state index in [1.165, 1.54) is 0 Å². The van der Waals surface area contributed by atoms with Crippen LogP contribution in [-0.2, 0) is 9.53 Å². The second-order valence-corrected chi connectivity index (χ2v) is 4.11. The number of rotatable bonds is 4. The smallest absolute Gasteiger partial charge is 0.408 e. The third-order valence-electron chi connectivity index (χ3n) is 1.41. The zero-order chi connectivity index (χ0) is 11.2. The van der Waals surface area contributed by atoms with Gasteiger partial charge in [0.15, 0.2) is 0 Å². The number of nitrogens with one attached hydrogen (secondary N) is 1. The van der Waals surface area contributed by atoms with Gasteiger partial charge in [-0.3, -0.25) is 4.79 Å². The molecule has 0 aliphatic rings. The van der Waals surface area contributed by atoms with Crippen LogP contribution in [0.1, 0.15) is 40.5 Å². The third kappa shape index (κ3) is 6.46. The van der Waals surface area contributed by atoms with Crippen molar-refractivity contribution in [3.63, 3.8) is 0 Å². The van der Waals surface area contributed by atoms with Gasteiger partial charge in [0.05, 0.1) is 6.04 Å². The summed E-state index contributed by atoms with van der Waals surface area (Å²) in [4.78, 5) is 21.6. The van der Waals surface area contributed by atoms with Crippen LogP contribution in [0.25, 0.3) is 0 Å². The molecule has 0 heterocycles. The largest absolute Gasteiger partial charge is 0.444 e. The van der Waals surface area contributed by atoms with Gasteiger partial charge in [0.2, 0.25) is 6.29 Å². The van der Waals surface area contributed by atoms with Crippen LogP contribution in [0, 0.1) is 0 Å². The maximum Gasteiger partial charge on any atom is 0.408 e. The second-order valence-electron chi connectivity index (χ2n) is 4.11. The molecule has 0 aromatic heterocycles. The minimum atomic E-state index is -0.570. The number of alkyl carbamates (subject to hydrolysis) is 1. The zero-order valence-electron chi connectivity index (χ0n) is 9.22. The van der Waals surface area contributed by atoms with Crippen LogP contribution in [0.15, 0.2) is 0 Å². The van der Waals surface area contributed by atoms with E-state index in [0.717, 1.165) is 6.42 Å². The van der Waals surface area contributed by atoms with Gasteiger partial charge < -0.3 is 10.1 Å². The highest BCUT2D eigenvalue weighted by atomic mass is 16.6. The number of amides is 1. The lowest BCUT2D eigenvalue weighted by molar-refractivity contribution is 0.0515. The Bertz CT molecular complexity index is 196. The summed E-state index contributed by atoms with van der Waals surface area (Å²) in [5, 5.41) is 2.44. The third-order valence-corrected chi connectivity index (χ3v) is 1.41. The molecule has 81 valence electrons. The van der Waals surface area contributed by atoms with Crippen LogP contribution in [0.2, 0.25) is 0 Å². The van der Waals surface area contributed by atoms with Crippen molar-refractivity contribution in [3.05, 3.63) is 0 Å². The number of carbonyl (C=O) groups is 1. The van der Waals surface area contributed by atoms with Gasteiger partial charge >= 0.3 is 6.09 Å². The average Bonchev–Trinajstić information content (AvgIpc) is 2.00. The van der Waals surface area contributed by atoms with Crippen molar-refractivity contribution in [2.75, 3.05) is 0 Å².